The van der Waals surface area contributed by atoms with Crippen LogP contribution in [0.5, 0.6) is 11.5 Å². The van der Waals surface area contributed by atoms with E-state index in [1.807, 2.05) is 6.07 Å². The van der Waals surface area contributed by atoms with Crippen LogP contribution in [-0.2, 0) is 16.1 Å². The summed E-state index contributed by atoms with van der Waals surface area (Å²) >= 11 is 4.77. The van der Waals surface area contributed by atoms with Gasteiger partial charge in [0, 0.05) is 7.05 Å². The molecule has 1 aliphatic rings. The second-order valence-electron chi connectivity index (χ2n) is 8.09. The third-order valence-corrected chi connectivity index (χ3v) is 7.10. The van der Waals surface area contributed by atoms with Gasteiger partial charge in [0.2, 0.25) is 0 Å². The van der Waals surface area contributed by atoms with E-state index in [1.165, 1.54) is 35.9 Å². The Labute approximate surface area is 232 Å². The molecule has 1 heterocycles. The van der Waals surface area contributed by atoms with Crippen molar-refractivity contribution in [3.63, 3.8) is 0 Å². The number of methoxy groups -OCH3 is 1. The van der Waals surface area contributed by atoms with Crippen LogP contribution in [0.1, 0.15) is 28.4 Å². The Morgan fingerprint density at radius 2 is 1.84 bits per heavy atom. The van der Waals surface area contributed by atoms with E-state index in [0.29, 0.717) is 43.9 Å². The summed E-state index contributed by atoms with van der Waals surface area (Å²) in [5, 5.41) is 0.510. The van der Waals surface area contributed by atoms with Gasteiger partial charge >= 0.3 is 5.97 Å². The van der Waals surface area contributed by atoms with Crippen LogP contribution < -0.4 is 9.47 Å². The van der Waals surface area contributed by atoms with Gasteiger partial charge in [-0.05, 0) is 100 Å². The van der Waals surface area contributed by atoms with Gasteiger partial charge in [-0.15, -0.1) is 0 Å². The first-order valence-electron chi connectivity index (χ1n) is 11.6. The molecule has 10 heteroatoms. The summed E-state index contributed by atoms with van der Waals surface area (Å²) in [7, 11) is 3.19. The maximum Gasteiger partial charge on any atom is 0.338 e. The summed E-state index contributed by atoms with van der Waals surface area (Å²) in [6, 6.07) is 16.3. The van der Waals surface area contributed by atoms with Crippen LogP contribution >= 0.6 is 27.7 Å². The maximum atomic E-state index is 13.2. The van der Waals surface area contributed by atoms with Crippen molar-refractivity contribution in [3.05, 3.63) is 92.5 Å². The number of ether oxygens (including phenoxy) is 3. The second-order valence-corrected chi connectivity index (χ2v) is 9.95. The number of carbonyl (C=O) groups excluding carboxylic acids is 2. The number of nitrogens with zero attached hydrogens (tertiary/aromatic N) is 2. The lowest BCUT2D eigenvalue weighted by Gasteiger charge is -2.14. The lowest BCUT2D eigenvalue weighted by atomic mass is 10.1. The van der Waals surface area contributed by atoms with E-state index in [4.69, 9.17) is 14.2 Å². The molecule has 1 saturated heterocycles. The second kappa shape index (κ2) is 12.3. The quantitative estimate of drug-likeness (QED) is 0.215. The van der Waals surface area contributed by atoms with E-state index in [1.54, 1.807) is 62.5 Å². The first-order chi connectivity index (χ1) is 18.3. The Bertz CT molecular complexity index is 1410. The Morgan fingerprint density at radius 1 is 1.13 bits per heavy atom. The molecule has 3 aromatic carbocycles. The average molecular weight is 599 g/mol. The van der Waals surface area contributed by atoms with Crippen molar-refractivity contribution in [2.75, 3.05) is 20.8 Å². The molecule has 1 amide bonds. The molecule has 0 aromatic heterocycles. The molecular formula is C28H24BrFN2O5S. The van der Waals surface area contributed by atoms with E-state index in [2.05, 4.69) is 20.9 Å². The van der Waals surface area contributed by atoms with Crippen LogP contribution in [0.4, 0.5) is 10.1 Å². The third-order valence-electron chi connectivity index (χ3n) is 5.45. The fourth-order valence-corrected chi connectivity index (χ4v) is 5.06. The molecule has 38 heavy (non-hydrogen) atoms. The van der Waals surface area contributed by atoms with Crippen molar-refractivity contribution >= 4 is 56.5 Å². The van der Waals surface area contributed by atoms with Gasteiger partial charge in [0.05, 0.1) is 34.3 Å². The van der Waals surface area contributed by atoms with Crippen LogP contribution in [0.25, 0.3) is 6.08 Å². The van der Waals surface area contributed by atoms with E-state index in [-0.39, 0.29) is 18.3 Å². The average Bonchev–Trinajstić information content (AvgIpc) is 3.16. The van der Waals surface area contributed by atoms with Crippen molar-refractivity contribution in [2.45, 2.75) is 13.5 Å². The van der Waals surface area contributed by atoms with E-state index < -0.39 is 5.97 Å². The molecule has 0 bridgehead atoms. The molecule has 0 aliphatic carbocycles. The molecule has 196 valence electrons. The van der Waals surface area contributed by atoms with Crippen LogP contribution in [0.2, 0.25) is 0 Å². The largest absolute Gasteiger partial charge is 0.493 e. The molecule has 1 aliphatic heterocycles. The highest BCUT2D eigenvalue weighted by Gasteiger charge is 2.30. The van der Waals surface area contributed by atoms with E-state index in [9.17, 15) is 14.0 Å². The first-order valence-corrected chi connectivity index (χ1v) is 13.2. The fourth-order valence-electron chi connectivity index (χ4n) is 3.50. The summed E-state index contributed by atoms with van der Waals surface area (Å²) < 4.78 is 30.3. The molecule has 3 aromatic rings. The minimum absolute atomic E-state index is 0.191. The number of amides is 1. The zero-order valence-corrected chi connectivity index (χ0v) is 23.3. The highest BCUT2D eigenvalue weighted by Crippen LogP contribution is 2.39. The van der Waals surface area contributed by atoms with Crippen molar-refractivity contribution in [1.82, 2.24) is 4.90 Å². The highest BCUT2D eigenvalue weighted by atomic mass is 79.9. The smallest absolute Gasteiger partial charge is 0.338 e. The molecule has 0 N–H and O–H groups in total. The molecule has 0 saturated carbocycles. The number of halogens is 2. The predicted molar refractivity (Wildman–Crippen MR) is 149 cm³/mol. The molecule has 7 nitrogen and oxygen atoms in total. The number of carbonyl (C=O) groups is 2. The summed E-state index contributed by atoms with van der Waals surface area (Å²) in [6.07, 6.45) is 1.76. The summed E-state index contributed by atoms with van der Waals surface area (Å²) in [4.78, 5) is 31.3. The van der Waals surface area contributed by atoms with Crippen LogP contribution in [-0.4, -0.2) is 42.7 Å². The summed E-state index contributed by atoms with van der Waals surface area (Å²) in [5.41, 5.74) is 2.58. The molecule has 0 spiro atoms. The number of rotatable bonds is 8. The SMILES string of the molecule is CCOC(=O)c1ccc(N=C2SC(=Cc3cc(Br)c(OCc4ccc(F)cc4)c(OC)c3)C(=O)N2C)cc1. The predicted octanol–water partition coefficient (Wildman–Crippen LogP) is 6.59. The van der Waals surface area contributed by atoms with Gasteiger partial charge < -0.3 is 14.2 Å². The number of amidine groups is 1. The number of hydrogen-bond donors (Lipinski definition) is 0. The highest BCUT2D eigenvalue weighted by molar-refractivity contribution is 9.10. The molecule has 0 unspecified atom stereocenters. The Morgan fingerprint density at radius 3 is 2.50 bits per heavy atom. The first kappa shape index (κ1) is 27.4. The van der Waals surface area contributed by atoms with Crippen molar-refractivity contribution in [1.29, 1.82) is 0 Å². The van der Waals surface area contributed by atoms with E-state index in [0.717, 1.165) is 11.1 Å². The van der Waals surface area contributed by atoms with Crippen LogP contribution in [0.15, 0.2) is 75.0 Å². The molecule has 1 fully saturated rings. The Hall–Kier alpha value is -3.63. The van der Waals surface area contributed by atoms with Gasteiger partial charge in [-0.3, -0.25) is 9.69 Å². The van der Waals surface area contributed by atoms with Crippen molar-refractivity contribution < 1.29 is 28.2 Å². The molecule has 0 radical (unpaired) electrons. The molecule has 0 atom stereocenters. The number of aliphatic imine (C=N–C) groups is 1. The number of thioether (sulfide) groups is 1. The fraction of sp³-hybridized carbons (Fsp3) is 0.179. The third kappa shape index (κ3) is 6.43. The zero-order chi connectivity index (χ0) is 27.2. The zero-order valence-electron chi connectivity index (χ0n) is 20.9. The number of benzene rings is 3. The van der Waals surface area contributed by atoms with Crippen LogP contribution in [0.3, 0.4) is 0 Å². The standard InChI is InChI=1S/C28H24BrFN2O5S/c1-4-36-27(34)19-7-11-21(12-8-19)31-28-32(2)26(33)24(38-28)15-18-13-22(29)25(23(14-18)35-3)37-16-17-5-9-20(30)10-6-17/h5-15H,4,16H2,1-3H3. The Kier molecular flexibility index (Phi) is 8.85. The van der Waals surface area contributed by atoms with Gasteiger partial charge in [-0.25, -0.2) is 14.2 Å². The topological polar surface area (TPSA) is 77.4 Å². The number of esters is 1. The molecular weight excluding hydrogens is 575 g/mol. The minimum atomic E-state index is -0.395. The lowest BCUT2D eigenvalue weighted by Crippen LogP contribution is -2.23. The van der Waals surface area contributed by atoms with Gasteiger partial charge in [-0.2, -0.15) is 0 Å². The summed E-state index contributed by atoms with van der Waals surface area (Å²) in [5.74, 6) is 0.0780. The molecule has 4 rings (SSSR count). The maximum absolute atomic E-state index is 13.2. The normalized spacial score (nSPS) is 15.3. The van der Waals surface area contributed by atoms with Gasteiger partial charge in [0.15, 0.2) is 16.7 Å². The minimum Gasteiger partial charge on any atom is -0.493 e. The lowest BCUT2D eigenvalue weighted by molar-refractivity contribution is -0.121. The van der Waals surface area contributed by atoms with Crippen molar-refractivity contribution in [2.24, 2.45) is 4.99 Å². The number of likely N-dealkylation sites (N-methyl/N-ethyl adjacent to an activating group) is 1. The Balaban J connectivity index is 1.52. The number of hydrogen-bond acceptors (Lipinski definition) is 7. The monoisotopic (exact) mass is 598 g/mol. The van der Waals surface area contributed by atoms with Gasteiger partial charge in [-0.1, -0.05) is 12.1 Å². The van der Waals surface area contributed by atoms with Crippen molar-refractivity contribution in [3.8, 4) is 11.5 Å². The van der Waals surface area contributed by atoms with E-state index >= 15 is 0 Å². The van der Waals surface area contributed by atoms with Gasteiger partial charge in [0.1, 0.15) is 12.4 Å². The summed E-state index contributed by atoms with van der Waals surface area (Å²) in [6.45, 7) is 2.28. The van der Waals surface area contributed by atoms with Gasteiger partial charge in [0.25, 0.3) is 5.91 Å². The van der Waals surface area contributed by atoms with Crippen LogP contribution in [0, 0.1) is 5.82 Å².